The van der Waals surface area contributed by atoms with Gasteiger partial charge in [-0.25, -0.2) is 0 Å². The number of hydrogen-bond donors (Lipinski definition) is 2. The lowest BCUT2D eigenvalue weighted by atomic mass is 9.78. The minimum absolute atomic E-state index is 0.144. The average Bonchev–Trinajstić information content (AvgIpc) is 2.04. The molecule has 70 valence electrons. The van der Waals surface area contributed by atoms with Crippen molar-refractivity contribution in [3.05, 3.63) is 0 Å². The van der Waals surface area contributed by atoms with Crippen LogP contribution < -0.4 is 5.73 Å². The van der Waals surface area contributed by atoms with Gasteiger partial charge in [-0.15, -0.1) is 0 Å². The average molecular weight is 171 g/mol. The molecule has 1 aliphatic carbocycles. The van der Waals surface area contributed by atoms with Gasteiger partial charge >= 0.3 is 5.97 Å². The molecule has 3 nitrogen and oxygen atoms in total. The summed E-state index contributed by atoms with van der Waals surface area (Å²) in [5.41, 5.74) is 5.74. The number of rotatable bonds is 2. The molecule has 3 heteroatoms. The first-order valence-corrected chi connectivity index (χ1v) is 4.59. The van der Waals surface area contributed by atoms with Crippen LogP contribution in [0.25, 0.3) is 0 Å². The minimum atomic E-state index is -0.652. The van der Waals surface area contributed by atoms with Crippen molar-refractivity contribution in [2.75, 3.05) is 0 Å². The van der Waals surface area contributed by atoms with Crippen LogP contribution in [0.1, 0.15) is 32.6 Å². The van der Waals surface area contributed by atoms with E-state index in [0.29, 0.717) is 5.92 Å². The number of carboxylic acid groups (broad SMARTS) is 1. The van der Waals surface area contributed by atoms with Crippen LogP contribution in [0.4, 0.5) is 0 Å². The van der Waals surface area contributed by atoms with Crippen molar-refractivity contribution in [2.24, 2.45) is 17.6 Å². The van der Waals surface area contributed by atoms with Crippen LogP contribution in [0.15, 0.2) is 0 Å². The Morgan fingerprint density at radius 3 is 2.75 bits per heavy atom. The molecule has 12 heavy (non-hydrogen) atoms. The smallest absolute Gasteiger partial charge is 0.306 e. The van der Waals surface area contributed by atoms with Crippen molar-refractivity contribution in [1.29, 1.82) is 0 Å². The first-order chi connectivity index (χ1) is 5.61. The van der Waals surface area contributed by atoms with E-state index in [1.165, 1.54) is 0 Å². The normalized spacial score (nSPS) is 32.8. The first kappa shape index (κ1) is 9.52. The fourth-order valence-electron chi connectivity index (χ4n) is 1.93. The molecule has 0 aliphatic heterocycles. The molecule has 3 atom stereocenters. The molecule has 0 aromatic heterocycles. The summed E-state index contributed by atoms with van der Waals surface area (Å²) in [4.78, 5) is 10.7. The number of carboxylic acids is 1. The summed E-state index contributed by atoms with van der Waals surface area (Å²) in [7, 11) is 0. The van der Waals surface area contributed by atoms with E-state index in [-0.39, 0.29) is 12.0 Å². The second-order valence-electron chi connectivity index (χ2n) is 3.82. The zero-order valence-corrected chi connectivity index (χ0v) is 7.49. The van der Waals surface area contributed by atoms with Gasteiger partial charge in [0, 0.05) is 6.04 Å². The summed E-state index contributed by atoms with van der Waals surface area (Å²) in [5, 5.41) is 8.80. The van der Waals surface area contributed by atoms with Crippen LogP contribution in [0.3, 0.4) is 0 Å². The molecule has 0 saturated heterocycles. The Morgan fingerprint density at radius 2 is 2.25 bits per heavy atom. The lowest BCUT2D eigenvalue weighted by Gasteiger charge is -2.28. The quantitative estimate of drug-likeness (QED) is 0.656. The second-order valence-corrected chi connectivity index (χ2v) is 3.82. The largest absolute Gasteiger partial charge is 0.481 e. The molecule has 1 fully saturated rings. The van der Waals surface area contributed by atoms with Crippen LogP contribution in [0, 0.1) is 11.8 Å². The highest BCUT2D eigenvalue weighted by atomic mass is 16.4. The third kappa shape index (κ3) is 2.21. The highest BCUT2D eigenvalue weighted by Crippen LogP contribution is 2.30. The Labute approximate surface area is 72.9 Å². The molecule has 0 heterocycles. The van der Waals surface area contributed by atoms with Crippen molar-refractivity contribution in [3.8, 4) is 0 Å². The molecule has 1 unspecified atom stereocenters. The third-order valence-corrected chi connectivity index (χ3v) is 2.81. The van der Waals surface area contributed by atoms with Gasteiger partial charge in [-0.05, 0) is 32.1 Å². The standard InChI is InChI=1S/C9H17NO2/c1-6(10)7-3-2-4-8(5-7)9(11)12/h6-8H,2-5,10H2,1H3,(H,11,12)/t6?,7-,8-/m0/s1. The Hall–Kier alpha value is -0.570. The summed E-state index contributed by atoms with van der Waals surface area (Å²) in [6.45, 7) is 1.97. The van der Waals surface area contributed by atoms with Gasteiger partial charge < -0.3 is 10.8 Å². The summed E-state index contributed by atoms with van der Waals surface area (Å²) >= 11 is 0. The lowest BCUT2D eigenvalue weighted by Crippen LogP contribution is -2.33. The van der Waals surface area contributed by atoms with Gasteiger partial charge in [0.1, 0.15) is 0 Å². The van der Waals surface area contributed by atoms with E-state index in [1.807, 2.05) is 6.92 Å². The van der Waals surface area contributed by atoms with E-state index >= 15 is 0 Å². The van der Waals surface area contributed by atoms with Gasteiger partial charge in [-0.2, -0.15) is 0 Å². The van der Waals surface area contributed by atoms with Crippen LogP contribution in [0.5, 0.6) is 0 Å². The van der Waals surface area contributed by atoms with Gasteiger partial charge in [0.15, 0.2) is 0 Å². The highest BCUT2D eigenvalue weighted by Gasteiger charge is 2.28. The van der Waals surface area contributed by atoms with Crippen molar-refractivity contribution in [1.82, 2.24) is 0 Å². The molecule has 0 spiro atoms. The topological polar surface area (TPSA) is 63.3 Å². The molecule has 0 radical (unpaired) electrons. The summed E-state index contributed by atoms with van der Waals surface area (Å²) < 4.78 is 0. The van der Waals surface area contributed by atoms with Crippen LogP contribution in [0.2, 0.25) is 0 Å². The van der Waals surface area contributed by atoms with Gasteiger partial charge in [-0.3, -0.25) is 4.79 Å². The molecular formula is C9H17NO2. The van der Waals surface area contributed by atoms with E-state index in [0.717, 1.165) is 25.7 Å². The maximum absolute atomic E-state index is 10.7. The molecule has 0 amide bonds. The predicted molar refractivity (Wildman–Crippen MR) is 46.7 cm³/mol. The molecule has 1 aliphatic rings. The zero-order valence-electron chi connectivity index (χ0n) is 7.49. The summed E-state index contributed by atoms with van der Waals surface area (Å²) in [6.07, 6.45) is 3.72. The SMILES string of the molecule is CC(N)[C@H]1CCC[C@H](C(=O)O)C1. The lowest BCUT2D eigenvalue weighted by molar-refractivity contribution is -0.143. The molecule has 1 saturated carbocycles. The van der Waals surface area contributed by atoms with E-state index in [9.17, 15) is 4.79 Å². The zero-order chi connectivity index (χ0) is 9.14. The van der Waals surface area contributed by atoms with Crippen LogP contribution >= 0.6 is 0 Å². The molecule has 3 N–H and O–H groups in total. The summed E-state index contributed by atoms with van der Waals surface area (Å²) in [5.74, 6) is -0.380. The van der Waals surface area contributed by atoms with Crippen molar-refractivity contribution >= 4 is 5.97 Å². The second kappa shape index (κ2) is 3.90. The van der Waals surface area contributed by atoms with Crippen molar-refractivity contribution < 1.29 is 9.90 Å². The van der Waals surface area contributed by atoms with Gasteiger partial charge in [-0.1, -0.05) is 6.42 Å². The van der Waals surface area contributed by atoms with Crippen molar-refractivity contribution in [3.63, 3.8) is 0 Å². The molecular weight excluding hydrogens is 154 g/mol. The van der Waals surface area contributed by atoms with Crippen LogP contribution in [-0.4, -0.2) is 17.1 Å². The number of nitrogens with two attached hydrogens (primary N) is 1. The van der Waals surface area contributed by atoms with Crippen molar-refractivity contribution in [2.45, 2.75) is 38.6 Å². The Kier molecular flexibility index (Phi) is 3.09. The highest BCUT2D eigenvalue weighted by molar-refractivity contribution is 5.70. The maximum atomic E-state index is 10.7. The van der Waals surface area contributed by atoms with Gasteiger partial charge in [0.25, 0.3) is 0 Å². The van der Waals surface area contributed by atoms with E-state index in [4.69, 9.17) is 10.8 Å². The Morgan fingerprint density at radius 1 is 1.58 bits per heavy atom. The number of aliphatic carboxylic acids is 1. The fourth-order valence-corrected chi connectivity index (χ4v) is 1.93. The summed E-state index contributed by atoms with van der Waals surface area (Å²) in [6, 6.07) is 0.146. The maximum Gasteiger partial charge on any atom is 0.306 e. The Balaban J connectivity index is 2.46. The monoisotopic (exact) mass is 171 g/mol. The minimum Gasteiger partial charge on any atom is -0.481 e. The van der Waals surface area contributed by atoms with Crippen LogP contribution in [-0.2, 0) is 4.79 Å². The first-order valence-electron chi connectivity index (χ1n) is 4.59. The van der Waals surface area contributed by atoms with E-state index in [2.05, 4.69) is 0 Å². The molecule has 0 bridgehead atoms. The van der Waals surface area contributed by atoms with E-state index < -0.39 is 5.97 Å². The Bertz CT molecular complexity index is 168. The van der Waals surface area contributed by atoms with Gasteiger partial charge in [0.2, 0.25) is 0 Å². The van der Waals surface area contributed by atoms with Gasteiger partial charge in [0.05, 0.1) is 5.92 Å². The predicted octanol–water partition coefficient (Wildman–Crippen LogP) is 1.22. The third-order valence-electron chi connectivity index (χ3n) is 2.81. The fraction of sp³-hybridized carbons (Fsp3) is 0.889. The van der Waals surface area contributed by atoms with E-state index in [1.54, 1.807) is 0 Å². The number of carbonyl (C=O) groups is 1. The number of hydrogen-bond acceptors (Lipinski definition) is 2. The molecule has 1 rings (SSSR count). The molecule has 0 aromatic rings. The molecule has 0 aromatic carbocycles.